The van der Waals surface area contributed by atoms with E-state index in [1.54, 1.807) is 0 Å². The normalized spacial score (nSPS) is 29.2. The second-order valence-corrected chi connectivity index (χ2v) is 8.17. The van der Waals surface area contributed by atoms with Crippen molar-refractivity contribution in [1.82, 2.24) is 15.1 Å². The zero-order valence-corrected chi connectivity index (χ0v) is 15.8. The molecule has 0 bridgehead atoms. The number of nitrogens with one attached hydrogen (secondary N) is 1. The molecule has 0 aromatic carbocycles. The molecule has 142 valence electrons. The Kier molecular flexibility index (Phi) is 6.74. The molecule has 3 aliphatic rings. The number of piperidine rings is 1. The molecule has 3 fully saturated rings. The van der Waals surface area contributed by atoms with E-state index >= 15 is 0 Å². The van der Waals surface area contributed by atoms with Gasteiger partial charge < -0.3 is 15.1 Å². The van der Waals surface area contributed by atoms with Crippen molar-refractivity contribution < 1.29 is 9.59 Å². The van der Waals surface area contributed by atoms with E-state index in [1.807, 2.05) is 4.90 Å². The van der Waals surface area contributed by atoms with Crippen LogP contribution in [-0.2, 0) is 9.59 Å². The average molecular weight is 350 g/mol. The number of carbonyl (C=O) groups excluding carboxylic acids is 2. The maximum atomic E-state index is 12.6. The molecule has 0 spiro atoms. The van der Waals surface area contributed by atoms with E-state index < -0.39 is 0 Å². The SMILES string of the molecule is CC1CCCCN1CCCNC(=O)C1CCC(=O)N1C1CCCCC1. The minimum Gasteiger partial charge on any atom is -0.354 e. The predicted octanol–water partition coefficient (Wildman–Crippen LogP) is 2.69. The Labute approximate surface area is 152 Å². The Balaban J connectivity index is 1.43. The number of rotatable bonds is 6. The summed E-state index contributed by atoms with van der Waals surface area (Å²) in [4.78, 5) is 29.4. The Morgan fingerprint density at radius 3 is 2.60 bits per heavy atom. The molecule has 1 N–H and O–H groups in total. The standard InChI is InChI=1S/C20H35N3O2/c1-16-8-5-6-14-22(16)15-7-13-21-20(25)18-11-12-19(24)23(18)17-9-3-2-4-10-17/h16-18H,2-15H2,1H3,(H,21,25). The maximum absolute atomic E-state index is 12.6. The minimum atomic E-state index is -0.218. The summed E-state index contributed by atoms with van der Waals surface area (Å²) in [5, 5.41) is 3.11. The van der Waals surface area contributed by atoms with Gasteiger partial charge in [0, 0.05) is 31.6 Å². The maximum Gasteiger partial charge on any atom is 0.242 e. The summed E-state index contributed by atoms with van der Waals surface area (Å²) in [5.41, 5.74) is 0. The highest BCUT2D eigenvalue weighted by Crippen LogP contribution is 2.30. The summed E-state index contributed by atoms with van der Waals surface area (Å²) in [6, 6.07) is 0.761. The Hall–Kier alpha value is -1.10. The van der Waals surface area contributed by atoms with Gasteiger partial charge in [-0.05, 0) is 52.0 Å². The van der Waals surface area contributed by atoms with Gasteiger partial charge in [0.25, 0.3) is 0 Å². The van der Waals surface area contributed by atoms with E-state index in [0.29, 0.717) is 24.9 Å². The van der Waals surface area contributed by atoms with Gasteiger partial charge >= 0.3 is 0 Å². The van der Waals surface area contributed by atoms with Crippen LogP contribution in [0.3, 0.4) is 0 Å². The third-order valence-electron chi connectivity index (χ3n) is 6.39. The minimum absolute atomic E-state index is 0.0723. The van der Waals surface area contributed by atoms with Crippen molar-refractivity contribution in [3.05, 3.63) is 0 Å². The van der Waals surface area contributed by atoms with Gasteiger partial charge in [-0.25, -0.2) is 0 Å². The third-order valence-corrected chi connectivity index (χ3v) is 6.39. The molecular weight excluding hydrogens is 314 g/mol. The largest absolute Gasteiger partial charge is 0.354 e. The number of hydrogen-bond donors (Lipinski definition) is 1. The van der Waals surface area contributed by atoms with Gasteiger partial charge in [0.15, 0.2) is 0 Å². The van der Waals surface area contributed by atoms with Crippen LogP contribution in [0, 0.1) is 0 Å². The van der Waals surface area contributed by atoms with Crippen LogP contribution in [0.25, 0.3) is 0 Å². The van der Waals surface area contributed by atoms with Crippen molar-refractivity contribution in [2.24, 2.45) is 0 Å². The fraction of sp³-hybridized carbons (Fsp3) is 0.900. The van der Waals surface area contributed by atoms with E-state index in [2.05, 4.69) is 17.1 Å². The molecule has 1 saturated carbocycles. The summed E-state index contributed by atoms with van der Waals surface area (Å²) in [6.45, 7) is 5.30. The molecule has 1 aliphatic carbocycles. The molecule has 2 heterocycles. The molecule has 2 saturated heterocycles. The molecule has 25 heavy (non-hydrogen) atoms. The van der Waals surface area contributed by atoms with Crippen molar-refractivity contribution in [2.75, 3.05) is 19.6 Å². The monoisotopic (exact) mass is 349 g/mol. The van der Waals surface area contributed by atoms with Crippen LogP contribution < -0.4 is 5.32 Å². The second kappa shape index (κ2) is 9.02. The summed E-state index contributed by atoms with van der Waals surface area (Å²) in [7, 11) is 0. The quantitative estimate of drug-likeness (QED) is 0.750. The molecule has 2 atom stereocenters. The van der Waals surface area contributed by atoms with Gasteiger partial charge in [0.05, 0.1) is 0 Å². The van der Waals surface area contributed by atoms with Gasteiger partial charge in [-0.3, -0.25) is 9.59 Å². The number of nitrogens with zero attached hydrogens (tertiary/aromatic N) is 2. The van der Waals surface area contributed by atoms with Gasteiger partial charge in [-0.1, -0.05) is 25.7 Å². The van der Waals surface area contributed by atoms with Crippen molar-refractivity contribution in [3.63, 3.8) is 0 Å². The van der Waals surface area contributed by atoms with Crippen LogP contribution in [0.4, 0.5) is 0 Å². The molecule has 0 aromatic heterocycles. The zero-order valence-electron chi connectivity index (χ0n) is 15.8. The van der Waals surface area contributed by atoms with Gasteiger partial charge in [-0.2, -0.15) is 0 Å². The molecule has 3 rings (SSSR count). The Morgan fingerprint density at radius 2 is 1.84 bits per heavy atom. The number of hydrogen-bond acceptors (Lipinski definition) is 3. The van der Waals surface area contributed by atoms with Crippen molar-refractivity contribution >= 4 is 11.8 Å². The van der Waals surface area contributed by atoms with Gasteiger partial charge in [0.2, 0.25) is 11.8 Å². The average Bonchev–Trinajstić information content (AvgIpc) is 3.02. The first kappa shape index (κ1) is 18.7. The molecule has 0 aromatic rings. The van der Waals surface area contributed by atoms with Crippen LogP contribution in [-0.4, -0.2) is 59.4 Å². The first-order chi connectivity index (χ1) is 12.2. The number of amides is 2. The summed E-state index contributed by atoms with van der Waals surface area (Å²) < 4.78 is 0. The lowest BCUT2D eigenvalue weighted by atomic mass is 9.93. The topological polar surface area (TPSA) is 52.7 Å². The molecule has 5 heteroatoms. The highest BCUT2D eigenvalue weighted by molar-refractivity contribution is 5.91. The smallest absolute Gasteiger partial charge is 0.242 e. The number of likely N-dealkylation sites (tertiary alicyclic amines) is 2. The summed E-state index contributed by atoms with van der Waals surface area (Å²) >= 11 is 0. The van der Waals surface area contributed by atoms with Crippen LogP contribution in [0.1, 0.15) is 77.6 Å². The third kappa shape index (κ3) is 4.75. The fourth-order valence-corrected chi connectivity index (χ4v) is 4.88. The first-order valence-corrected chi connectivity index (χ1v) is 10.5. The van der Waals surface area contributed by atoms with E-state index in [-0.39, 0.29) is 17.9 Å². The highest BCUT2D eigenvalue weighted by Gasteiger charge is 2.40. The highest BCUT2D eigenvalue weighted by atomic mass is 16.2. The molecule has 0 radical (unpaired) electrons. The van der Waals surface area contributed by atoms with Crippen molar-refractivity contribution in [1.29, 1.82) is 0 Å². The van der Waals surface area contributed by atoms with Crippen LogP contribution in [0.15, 0.2) is 0 Å². The Bertz CT molecular complexity index is 462. The van der Waals surface area contributed by atoms with Crippen LogP contribution in [0.5, 0.6) is 0 Å². The fourth-order valence-electron chi connectivity index (χ4n) is 4.88. The zero-order chi connectivity index (χ0) is 17.6. The lowest BCUT2D eigenvalue weighted by molar-refractivity contribution is -0.138. The summed E-state index contributed by atoms with van der Waals surface area (Å²) in [5.74, 6) is 0.261. The molecule has 2 aliphatic heterocycles. The van der Waals surface area contributed by atoms with Crippen LogP contribution in [0.2, 0.25) is 0 Å². The van der Waals surface area contributed by atoms with Crippen molar-refractivity contribution in [3.8, 4) is 0 Å². The van der Waals surface area contributed by atoms with Crippen LogP contribution >= 0.6 is 0 Å². The lowest BCUT2D eigenvalue weighted by Crippen LogP contribution is -2.50. The lowest BCUT2D eigenvalue weighted by Gasteiger charge is -2.35. The van der Waals surface area contributed by atoms with Gasteiger partial charge in [-0.15, -0.1) is 0 Å². The second-order valence-electron chi connectivity index (χ2n) is 8.17. The predicted molar refractivity (Wildman–Crippen MR) is 99.3 cm³/mol. The Morgan fingerprint density at radius 1 is 1.08 bits per heavy atom. The van der Waals surface area contributed by atoms with Gasteiger partial charge in [0.1, 0.15) is 6.04 Å². The molecule has 5 nitrogen and oxygen atoms in total. The first-order valence-electron chi connectivity index (χ1n) is 10.5. The molecular formula is C20H35N3O2. The number of carbonyl (C=O) groups is 2. The van der Waals surface area contributed by atoms with E-state index in [4.69, 9.17) is 0 Å². The van der Waals surface area contributed by atoms with E-state index in [1.165, 1.54) is 45.1 Å². The molecule has 2 amide bonds. The van der Waals surface area contributed by atoms with Crippen molar-refractivity contribution in [2.45, 2.75) is 95.7 Å². The van der Waals surface area contributed by atoms with E-state index in [9.17, 15) is 9.59 Å². The van der Waals surface area contributed by atoms with E-state index in [0.717, 1.165) is 32.4 Å². The summed E-state index contributed by atoms with van der Waals surface area (Å²) in [6.07, 6.45) is 12.0. The molecule has 2 unspecified atom stereocenters.